The van der Waals surface area contributed by atoms with Crippen molar-refractivity contribution in [2.24, 2.45) is 5.92 Å². The molecule has 2 aromatic rings. The summed E-state index contributed by atoms with van der Waals surface area (Å²) >= 11 is 9.23. The Kier molecular flexibility index (Phi) is 3.80. The molecule has 0 unspecified atom stereocenters. The van der Waals surface area contributed by atoms with Gasteiger partial charge in [-0.1, -0.05) is 18.5 Å². The van der Waals surface area contributed by atoms with E-state index in [1.165, 1.54) is 24.4 Å². The van der Waals surface area contributed by atoms with Crippen molar-refractivity contribution >= 4 is 39.4 Å². The fraction of sp³-hybridized carbons (Fsp3) is 0.462. The molecule has 0 radical (unpaired) electrons. The Hall–Kier alpha value is -0.620. The first-order chi connectivity index (χ1) is 9.11. The average Bonchev–Trinajstić information content (AvgIpc) is 3.02. The largest absolute Gasteiger partial charge is 0.375 e. The van der Waals surface area contributed by atoms with Crippen molar-refractivity contribution in [1.29, 1.82) is 0 Å². The molecular formula is C13H16ClN3S2. The van der Waals surface area contributed by atoms with E-state index in [1.807, 2.05) is 11.4 Å². The van der Waals surface area contributed by atoms with Gasteiger partial charge in [-0.25, -0.2) is 4.98 Å². The highest BCUT2D eigenvalue weighted by Gasteiger charge is 2.22. The van der Waals surface area contributed by atoms with E-state index in [0.29, 0.717) is 5.13 Å². The molecular weight excluding hydrogens is 298 g/mol. The number of hydrogen-bond acceptors (Lipinski definition) is 5. The van der Waals surface area contributed by atoms with Gasteiger partial charge < -0.3 is 5.73 Å². The zero-order valence-electron chi connectivity index (χ0n) is 10.7. The fourth-order valence-electron chi connectivity index (χ4n) is 2.48. The summed E-state index contributed by atoms with van der Waals surface area (Å²) in [5.74, 6) is 0.796. The van der Waals surface area contributed by atoms with Crippen LogP contribution in [0.2, 0.25) is 5.02 Å². The lowest BCUT2D eigenvalue weighted by molar-refractivity contribution is 0.323. The molecule has 6 heteroatoms. The smallest absolute Gasteiger partial charge is 0.180 e. The van der Waals surface area contributed by atoms with Crippen LogP contribution in [0.5, 0.6) is 0 Å². The molecule has 19 heavy (non-hydrogen) atoms. The topological polar surface area (TPSA) is 42.1 Å². The zero-order chi connectivity index (χ0) is 13.4. The number of nitrogen functional groups attached to an aromatic ring is 1. The first-order valence-corrected chi connectivity index (χ1v) is 8.41. The highest BCUT2D eigenvalue weighted by molar-refractivity contribution is 7.17. The van der Waals surface area contributed by atoms with E-state index in [1.54, 1.807) is 22.7 Å². The number of nitrogens with two attached hydrogens (primary N) is 1. The Balaban J connectivity index is 1.85. The average molecular weight is 314 g/mol. The highest BCUT2D eigenvalue weighted by atomic mass is 35.5. The summed E-state index contributed by atoms with van der Waals surface area (Å²) in [5, 5.41) is 3.35. The van der Waals surface area contributed by atoms with Crippen LogP contribution in [0.1, 0.15) is 18.2 Å². The molecule has 1 saturated heterocycles. The van der Waals surface area contributed by atoms with E-state index < -0.39 is 0 Å². The van der Waals surface area contributed by atoms with E-state index in [0.717, 1.165) is 28.1 Å². The third-order valence-corrected chi connectivity index (χ3v) is 5.54. The molecule has 0 aromatic carbocycles. The molecule has 2 N–H and O–H groups in total. The predicted octanol–water partition coefficient (Wildman–Crippen LogP) is 3.95. The summed E-state index contributed by atoms with van der Waals surface area (Å²) in [6, 6.07) is 1.97. The molecule has 3 nitrogen and oxygen atoms in total. The van der Waals surface area contributed by atoms with Crippen LogP contribution in [0.25, 0.3) is 10.6 Å². The van der Waals surface area contributed by atoms with E-state index in [2.05, 4.69) is 16.8 Å². The molecule has 0 amide bonds. The monoisotopic (exact) mass is 313 g/mol. The van der Waals surface area contributed by atoms with Crippen molar-refractivity contribution in [3.63, 3.8) is 0 Å². The van der Waals surface area contributed by atoms with Crippen LogP contribution in [0, 0.1) is 5.92 Å². The maximum absolute atomic E-state index is 6.00. The van der Waals surface area contributed by atoms with Crippen molar-refractivity contribution in [3.8, 4) is 10.6 Å². The molecule has 0 bridgehead atoms. The maximum Gasteiger partial charge on any atom is 0.180 e. The Morgan fingerprint density at radius 3 is 3.05 bits per heavy atom. The Morgan fingerprint density at radius 2 is 2.42 bits per heavy atom. The molecule has 0 spiro atoms. The quantitative estimate of drug-likeness (QED) is 0.933. The van der Waals surface area contributed by atoms with Gasteiger partial charge in [0, 0.05) is 23.3 Å². The minimum atomic E-state index is 0.641. The van der Waals surface area contributed by atoms with Gasteiger partial charge in [0.05, 0.1) is 15.6 Å². The number of nitrogens with zero attached hydrogens (tertiary/aromatic N) is 2. The first-order valence-electron chi connectivity index (χ1n) is 6.34. The van der Waals surface area contributed by atoms with E-state index >= 15 is 0 Å². The highest BCUT2D eigenvalue weighted by Crippen LogP contribution is 2.36. The second-order valence-corrected chi connectivity index (χ2v) is 7.54. The van der Waals surface area contributed by atoms with E-state index in [-0.39, 0.29) is 0 Å². The van der Waals surface area contributed by atoms with E-state index in [9.17, 15) is 0 Å². The van der Waals surface area contributed by atoms with Crippen molar-refractivity contribution in [2.75, 3.05) is 18.8 Å². The molecule has 3 heterocycles. The molecule has 1 aliphatic heterocycles. The van der Waals surface area contributed by atoms with Gasteiger partial charge in [0.1, 0.15) is 0 Å². The standard InChI is InChI=1S/C13H16ClN3S2/c1-8-2-3-17(5-8)6-11-12(16-13(15)19-11)10-4-9(14)7-18-10/h4,7-8H,2-3,5-6H2,1H3,(H2,15,16)/t8-/m0/s1. The number of aromatic nitrogens is 1. The van der Waals surface area contributed by atoms with Crippen LogP contribution in [-0.4, -0.2) is 23.0 Å². The Bertz CT molecular complexity index is 578. The number of anilines is 1. The minimum Gasteiger partial charge on any atom is -0.375 e. The van der Waals surface area contributed by atoms with Gasteiger partial charge in [0.25, 0.3) is 0 Å². The van der Waals surface area contributed by atoms with Gasteiger partial charge in [-0.2, -0.15) is 0 Å². The molecule has 0 aliphatic carbocycles. The Labute approximate surface area is 126 Å². The molecule has 1 fully saturated rings. The molecule has 0 saturated carbocycles. The van der Waals surface area contributed by atoms with Crippen LogP contribution in [-0.2, 0) is 6.54 Å². The zero-order valence-corrected chi connectivity index (χ0v) is 13.1. The van der Waals surface area contributed by atoms with Crippen LogP contribution in [0.4, 0.5) is 5.13 Å². The van der Waals surface area contributed by atoms with Crippen LogP contribution >= 0.6 is 34.3 Å². The van der Waals surface area contributed by atoms with Crippen molar-refractivity contribution in [2.45, 2.75) is 19.9 Å². The van der Waals surface area contributed by atoms with Gasteiger partial charge in [0.2, 0.25) is 0 Å². The van der Waals surface area contributed by atoms with Gasteiger partial charge in [-0.3, -0.25) is 4.90 Å². The van der Waals surface area contributed by atoms with Crippen molar-refractivity contribution in [3.05, 3.63) is 21.3 Å². The number of likely N-dealkylation sites (tertiary alicyclic amines) is 1. The SMILES string of the molecule is C[C@H]1CCN(Cc2sc(N)nc2-c2cc(Cl)cs2)C1. The predicted molar refractivity (Wildman–Crippen MR) is 83.9 cm³/mol. The van der Waals surface area contributed by atoms with Crippen LogP contribution in [0.3, 0.4) is 0 Å². The molecule has 1 aliphatic rings. The van der Waals surface area contributed by atoms with Crippen LogP contribution in [0.15, 0.2) is 11.4 Å². The van der Waals surface area contributed by atoms with Gasteiger partial charge in [0.15, 0.2) is 5.13 Å². The number of hydrogen-bond donors (Lipinski definition) is 1. The Morgan fingerprint density at radius 1 is 1.58 bits per heavy atom. The van der Waals surface area contributed by atoms with Crippen molar-refractivity contribution in [1.82, 2.24) is 9.88 Å². The van der Waals surface area contributed by atoms with Crippen LogP contribution < -0.4 is 5.73 Å². The molecule has 1 atom stereocenters. The lowest BCUT2D eigenvalue weighted by atomic mass is 10.2. The summed E-state index contributed by atoms with van der Waals surface area (Å²) < 4.78 is 0. The number of halogens is 1. The molecule has 3 rings (SSSR count). The van der Waals surface area contributed by atoms with Crippen molar-refractivity contribution < 1.29 is 0 Å². The first kappa shape index (κ1) is 13.4. The van der Waals surface area contributed by atoms with Gasteiger partial charge >= 0.3 is 0 Å². The number of thiazole rings is 1. The van der Waals surface area contributed by atoms with E-state index in [4.69, 9.17) is 17.3 Å². The second-order valence-electron chi connectivity index (χ2n) is 5.08. The summed E-state index contributed by atoms with van der Waals surface area (Å²) in [5.41, 5.74) is 6.90. The minimum absolute atomic E-state index is 0.641. The molecule has 2 aromatic heterocycles. The normalized spacial score (nSPS) is 20.2. The lowest BCUT2D eigenvalue weighted by Gasteiger charge is -2.14. The number of thiophene rings is 1. The summed E-state index contributed by atoms with van der Waals surface area (Å²) in [6.45, 7) is 5.59. The lowest BCUT2D eigenvalue weighted by Crippen LogP contribution is -2.19. The van der Waals surface area contributed by atoms with Gasteiger partial charge in [-0.05, 0) is 24.9 Å². The summed E-state index contributed by atoms with van der Waals surface area (Å²) in [4.78, 5) is 9.33. The number of rotatable bonds is 3. The third-order valence-electron chi connectivity index (χ3n) is 3.39. The van der Waals surface area contributed by atoms with Gasteiger partial charge in [-0.15, -0.1) is 22.7 Å². The summed E-state index contributed by atoms with van der Waals surface area (Å²) in [7, 11) is 0. The third kappa shape index (κ3) is 2.94. The summed E-state index contributed by atoms with van der Waals surface area (Å²) in [6.07, 6.45) is 1.29. The molecule has 102 valence electrons. The maximum atomic E-state index is 6.00. The second kappa shape index (κ2) is 5.40. The fourth-order valence-corrected chi connectivity index (χ4v) is 4.52.